The van der Waals surface area contributed by atoms with E-state index < -0.39 is 0 Å². The molecule has 0 aliphatic carbocycles. The van der Waals surface area contributed by atoms with E-state index in [1.54, 1.807) is 0 Å². The summed E-state index contributed by atoms with van der Waals surface area (Å²) in [6, 6.07) is 4.01. The molecule has 3 nitrogen and oxygen atoms in total. The Balaban J connectivity index is 2.34. The second-order valence-corrected chi connectivity index (χ2v) is 3.60. The van der Waals surface area contributed by atoms with Crippen molar-refractivity contribution >= 4 is 6.29 Å². The molecule has 1 aliphatic rings. The first-order valence-electron chi connectivity index (χ1n) is 5.14. The van der Waals surface area contributed by atoms with Crippen molar-refractivity contribution in [3.05, 3.63) is 23.3 Å². The molecule has 0 N–H and O–H groups in total. The molecule has 1 aromatic carbocycles. The maximum absolute atomic E-state index is 10.3. The van der Waals surface area contributed by atoms with Crippen LogP contribution >= 0.6 is 0 Å². The third-order valence-corrected chi connectivity index (χ3v) is 2.50. The lowest BCUT2D eigenvalue weighted by Gasteiger charge is -2.22. The fourth-order valence-electron chi connectivity index (χ4n) is 1.74. The number of aryl methyl sites for hydroxylation is 2. The fourth-order valence-corrected chi connectivity index (χ4v) is 1.74. The Bertz CT molecular complexity index is 371. The zero-order chi connectivity index (χ0) is 10.7. The van der Waals surface area contributed by atoms with E-state index in [4.69, 9.17) is 9.47 Å². The highest BCUT2D eigenvalue weighted by molar-refractivity contribution is 5.55. The van der Waals surface area contributed by atoms with Crippen LogP contribution in [-0.2, 0) is 11.2 Å². The van der Waals surface area contributed by atoms with Gasteiger partial charge in [-0.15, -0.1) is 0 Å². The minimum Gasteiger partial charge on any atom is -0.486 e. The van der Waals surface area contributed by atoms with Crippen LogP contribution in [0.1, 0.15) is 17.5 Å². The highest BCUT2D eigenvalue weighted by atomic mass is 16.6. The van der Waals surface area contributed by atoms with Gasteiger partial charge in [0, 0.05) is 6.42 Å². The lowest BCUT2D eigenvalue weighted by molar-refractivity contribution is -0.107. The van der Waals surface area contributed by atoms with Crippen LogP contribution < -0.4 is 9.47 Å². The molecule has 0 saturated heterocycles. The zero-order valence-electron chi connectivity index (χ0n) is 8.79. The van der Waals surface area contributed by atoms with Gasteiger partial charge in [0.25, 0.3) is 0 Å². The molecule has 0 fully saturated rings. The monoisotopic (exact) mass is 206 g/mol. The average molecular weight is 206 g/mol. The predicted molar refractivity (Wildman–Crippen MR) is 56.6 cm³/mol. The van der Waals surface area contributed by atoms with Crippen LogP contribution in [-0.4, -0.2) is 19.5 Å². The molecular formula is C12H14O3. The van der Waals surface area contributed by atoms with Crippen molar-refractivity contribution in [3.8, 4) is 11.5 Å². The summed E-state index contributed by atoms with van der Waals surface area (Å²) < 4.78 is 11.2. The molecule has 0 aromatic heterocycles. The van der Waals surface area contributed by atoms with E-state index in [9.17, 15) is 4.79 Å². The highest BCUT2D eigenvalue weighted by Crippen LogP contribution is 2.37. The molecule has 0 atom stereocenters. The van der Waals surface area contributed by atoms with E-state index in [0.29, 0.717) is 19.6 Å². The third kappa shape index (κ3) is 1.96. The van der Waals surface area contributed by atoms with Crippen molar-refractivity contribution in [2.45, 2.75) is 19.8 Å². The molecule has 1 aliphatic heterocycles. The van der Waals surface area contributed by atoms with Gasteiger partial charge in [-0.25, -0.2) is 0 Å². The minimum atomic E-state index is 0.527. The average Bonchev–Trinajstić information content (AvgIpc) is 2.29. The number of rotatable bonds is 3. The summed E-state index contributed by atoms with van der Waals surface area (Å²) in [7, 11) is 0. The molecular weight excluding hydrogens is 192 g/mol. The van der Waals surface area contributed by atoms with Crippen molar-refractivity contribution in [3.63, 3.8) is 0 Å². The van der Waals surface area contributed by atoms with Crippen molar-refractivity contribution in [1.29, 1.82) is 0 Å². The number of ether oxygens (including phenoxy) is 2. The third-order valence-electron chi connectivity index (χ3n) is 2.50. The Labute approximate surface area is 89.0 Å². The Morgan fingerprint density at radius 1 is 1.27 bits per heavy atom. The van der Waals surface area contributed by atoms with Gasteiger partial charge in [-0.2, -0.15) is 0 Å². The van der Waals surface area contributed by atoms with Crippen molar-refractivity contribution in [1.82, 2.24) is 0 Å². The summed E-state index contributed by atoms with van der Waals surface area (Å²) in [5, 5.41) is 0. The van der Waals surface area contributed by atoms with Gasteiger partial charge >= 0.3 is 0 Å². The Kier molecular flexibility index (Phi) is 2.90. The van der Waals surface area contributed by atoms with E-state index in [0.717, 1.165) is 35.3 Å². The zero-order valence-corrected chi connectivity index (χ0v) is 8.79. The number of fused-ring (bicyclic) bond motifs is 1. The molecule has 0 amide bonds. The molecule has 0 radical (unpaired) electrons. The van der Waals surface area contributed by atoms with Crippen LogP contribution in [0.4, 0.5) is 0 Å². The standard InChI is InChI=1S/C12H14O3/c1-9-4-5-10(3-2-6-13)12-11(9)14-7-8-15-12/h4-6H,2-3,7-8H2,1H3. The fraction of sp³-hybridized carbons (Fsp3) is 0.417. The van der Waals surface area contributed by atoms with Gasteiger partial charge in [0.1, 0.15) is 19.5 Å². The second kappa shape index (κ2) is 4.34. The summed E-state index contributed by atoms with van der Waals surface area (Å²) in [6.07, 6.45) is 2.17. The quantitative estimate of drug-likeness (QED) is 0.708. The summed E-state index contributed by atoms with van der Waals surface area (Å²) in [6.45, 7) is 3.19. The molecule has 0 saturated carbocycles. The van der Waals surface area contributed by atoms with E-state index >= 15 is 0 Å². The summed E-state index contributed by atoms with van der Waals surface area (Å²) in [5.41, 5.74) is 2.14. The Morgan fingerprint density at radius 2 is 2.00 bits per heavy atom. The van der Waals surface area contributed by atoms with E-state index in [-0.39, 0.29) is 0 Å². The number of aldehydes is 1. The van der Waals surface area contributed by atoms with Crippen LogP contribution in [0.25, 0.3) is 0 Å². The second-order valence-electron chi connectivity index (χ2n) is 3.60. The highest BCUT2D eigenvalue weighted by Gasteiger charge is 2.17. The largest absolute Gasteiger partial charge is 0.486 e. The minimum absolute atomic E-state index is 0.527. The summed E-state index contributed by atoms with van der Waals surface area (Å²) in [5.74, 6) is 1.66. The van der Waals surface area contributed by atoms with Crippen molar-refractivity contribution < 1.29 is 14.3 Å². The Morgan fingerprint density at radius 3 is 2.73 bits per heavy atom. The van der Waals surface area contributed by atoms with E-state index in [1.165, 1.54) is 0 Å². The lowest BCUT2D eigenvalue weighted by atomic mass is 10.0. The molecule has 80 valence electrons. The molecule has 15 heavy (non-hydrogen) atoms. The van der Waals surface area contributed by atoms with Crippen LogP contribution in [0, 0.1) is 6.92 Å². The maximum Gasteiger partial charge on any atom is 0.164 e. The summed E-state index contributed by atoms with van der Waals surface area (Å²) >= 11 is 0. The van der Waals surface area contributed by atoms with Gasteiger partial charge in [0.15, 0.2) is 11.5 Å². The van der Waals surface area contributed by atoms with Crippen LogP contribution in [0.5, 0.6) is 11.5 Å². The molecule has 1 aromatic rings. The van der Waals surface area contributed by atoms with Gasteiger partial charge in [0.2, 0.25) is 0 Å². The van der Waals surface area contributed by atoms with Gasteiger partial charge < -0.3 is 14.3 Å². The first kappa shape index (κ1) is 10.0. The topological polar surface area (TPSA) is 35.5 Å². The van der Waals surface area contributed by atoms with Gasteiger partial charge in [-0.1, -0.05) is 12.1 Å². The van der Waals surface area contributed by atoms with E-state index in [2.05, 4.69) is 0 Å². The van der Waals surface area contributed by atoms with Crippen LogP contribution in [0.15, 0.2) is 12.1 Å². The molecule has 2 rings (SSSR count). The number of hydrogen-bond donors (Lipinski definition) is 0. The smallest absolute Gasteiger partial charge is 0.164 e. The number of hydrogen-bond acceptors (Lipinski definition) is 3. The molecule has 0 unspecified atom stereocenters. The van der Waals surface area contributed by atoms with Crippen molar-refractivity contribution in [2.24, 2.45) is 0 Å². The normalized spacial score (nSPS) is 13.7. The molecule has 0 spiro atoms. The lowest BCUT2D eigenvalue weighted by Crippen LogP contribution is -2.17. The molecule has 1 heterocycles. The number of carbonyl (C=O) groups is 1. The van der Waals surface area contributed by atoms with E-state index in [1.807, 2.05) is 19.1 Å². The predicted octanol–water partition coefficient (Wildman–Crippen LogP) is 1.90. The SMILES string of the molecule is Cc1ccc(CCC=O)c2c1OCCO2. The number of benzene rings is 1. The maximum atomic E-state index is 10.3. The van der Waals surface area contributed by atoms with Gasteiger partial charge in [-0.3, -0.25) is 0 Å². The van der Waals surface area contributed by atoms with Crippen LogP contribution in [0.3, 0.4) is 0 Å². The van der Waals surface area contributed by atoms with Gasteiger partial charge in [0.05, 0.1) is 0 Å². The van der Waals surface area contributed by atoms with Gasteiger partial charge in [-0.05, 0) is 24.5 Å². The summed E-state index contributed by atoms with van der Waals surface area (Å²) in [4.78, 5) is 10.3. The molecule has 3 heteroatoms. The molecule has 0 bridgehead atoms. The first-order chi connectivity index (χ1) is 7.33. The Hall–Kier alpha value is -1.51. The first-order valence-corrected chi connectivity index (χ1v) is 5.14. The van der Waals surface area contributed by atoms with Crippen molar-refractivity contribution in [2.75, 3.05) is 13.2 Å². The van der Waals surface area contributed by atoms with Crippen LogP contribution in [0.2, 0.25) is 0 Å². The number of carbonyl (C=O) groups excluding carboxylic acids is 1.